The first-order chi connectivity index (χ1) is 11.0. The predicted molar refractivity (Wildman–Crippen MR) is 89.0 cm³/mol. The molecule has 2 aromatic carbocycles. The maximum atomic E-state index is 12.8. The van der Waals surface area contributed by atoms with E-state index in [9.17, 15) is 13.2 Å². The molecule has 1 saturated heterocycles. The van der Waals surface area contributed by atoms with Gasteiger partial charge in [-0.25, -0.2) is 8.42 Å². The van der Waals surface area contributed by atoms with Crippen molar-refractivity contribution in [3.8, 4) is 0 Å². The van der Waals surface area contributed by atoms with Crippen LogP contribution < -0.4 is 4.31 Å². The second-order valence-electron chi connectivity index (χ2n) is 5.48. The minimum Gasteiger partial charge on any atom is -0.339 e. The molecule has 0 spiro atoms. The number of amides is 1. The van der Waals surface area contributed by atoms with E-state index in [0.29, 0.717) is 11.3 Å². The van der Waals surface area contributed by atoms with Crippen molar-refractivity contribution in [2.75, 3.05) is 24.4 Å². The Balaban J connectivity index is 1.92. The lowest BCUT2D eigenvalue weighted by Gasteiger charge is -2.31. The Hall–Kier alpha value is -2.34. The van der Waals surface area contributed by atoms with E-state index in [-0.39, 0.29) is 10.8 Å². The average Bonchev–Trinajstić information content (AvgIpc) is 2.53. The van der Waals surface area contributed by atoms with Gasteiger partial charge in [0.25, 0.3) is 15.9 Å². The van der Waals surface area contributed by atoms with Gasteiger partial charge in [0.05, 0.1) is 10.6 Å². The zero-order valence-electron chi connectivity index (χ0n) is 12.8. The smallest absolute Gasteiger partial charge is 0.264 e. The predicted octanol–water partition coefficient (Wildman–Crippen LogP) is 2.36. The Labute approximate surface area is 136 Å². The second-order valence-corrected chi connectivity index (χ2v) is 7.45. The maximum Gasteiger partial charge on any atom is 0.264 e. The lowest BCUT2D eigenvalue weighted by molar-refractivity contribution is 0.0651. The van der Waals surface area contributed by atoms with E-state index in [0.717, 1.165) is 19.5 Å². The van der Waals surface area contributed by atoms with Crippen molar-refractivity contribution in [1.82, 2.24) is 4.90 Å². The third-order valence-corrected chi connectivity index (χ3v) is 5.78. The van der Waals surface area contributed by atoms with Gasteiger partial charge < -0.3 is 4.90 Å². The van der Waals surface area contributed by atoms with E-state index in [1.165, 1.54) is 23.5 Å². The number of rotatable bonds is 4. The van der Waals surface area contributed by atoms with Crippen LogP contribution in [0.3, 0.4) is 0 Å². The molecule has 0 atom stereocenters. The quantitative estimate of drug-likeness (QED) is 0.865. The second kappa shape index (κ2) is 6.04. The van der Waals surface area contributed by atoms with Gasteiger partial charge in [0.1, 0.15) is 0 Å². The topological polar surface area (TPSA) is 57.7 Å². The minimum absolute atomic E-state index is 0.115. The zero-order chi connectivity index (χ0) is 16.4. The number of hydrogen-bond acceptors (Lipinski definition) is 3. The lowest BCUT2D eigenvalue weighted by atomic mass is 10.1. The number of carbonyl (C=O) groups excluding carboxylic acids is 1. The van der Waals surface area contributed by atoms with Crippen molar-refractivity contribution in [2.24, 2.45) is 0 Å². The normalized spacial score (nSPS) is 14.2. The molecule has 0 aromatic heterocycles. The number of carbonyl (C=O) groups is 1. The van der Waals surface area contributed by atoms with E-state index < -0.39 is 10.0 Å². The number of hydrogen-bond donors (Lipinski definition) is 0. The Morgan fingerprint density at radius 2 is 1.74 bits per heavy atom. The lowest BCUT2D eigenvalue weighted by Crippen LogP contribution is -2.42. The standard InChI is InChI=1S/C17H18N2O3S/c1-18(15-8-3-2-4-9-15)23(21,22)16-10-5-7-14(13-16)17(20)19-11-6-12-19/h2-5,7-10,13H,6,11-12H2,1H3. The van der Waals surface area contributed by atoms with Crippen LogP contribution >= 0.6 is 0 Å². The van der Waals surface area contributed by atoms with Crippen LogP contribution in [-0.4, -0.2) is 39.4 Å². The molecule has 0 bridgehead atoms. The van der Waals surface area contributed by atoms with Crippen LogP contribution in [-0.2, 0) is 10.0 Å². The first-order valence-corrected chi connectivity index (χ1v) is 8.87. The molecule has 0 radical (unpaired) electrons. The van der Waals surface area contributed by atoms with Gasteiger partial charge in [-0.1, -0.05) is 24.3 Å². The van der Waals surface area contributed by atoms with Crippen LogP contribution in [0.15, 0.2) is 59.5 Å². The van der Waals surface area contributed by atoms with Crippen LogP contribution in [0.5, 0.6) is 0 Å². The van der Waals surface area contributed by atoms with Gasteiger partial charge >= 0.3 is 0 Å². The molecule has 2 aromatic rings. The summed E-state index contributed by atoms with van der Waals surface area (Å²) in [6.07, 6.45) is 1.00. The van der Waals surface area contributed by atoms with Gasteiger partial charge in [-0.05, 0) is 36.8 Å². The molecular weight excluding hydrogens is 312 g/mol. The molecule has 0 N–H and O–H groups in total. The summed E-state index contributed by atoms with van der Waals surface area (Å²) < 4.78 is 26.7. The van der Waals surface area contributed by atoms with Crippen molar-refractivity contribution >= 4 is 21.6 Å². The Morgan fingerprint density at radius 1 is 1.04 bits per heavy atom. The van der Waals surface area contributed by atoms with Crippen molar-refractivity contribution in [1.29, 1.82) is 0 Å². The first-order valence-electron chi connectivity index (χ1n) is 7.43. The number of nitrogens with zero attached hydrogens (tertiary/aromatic N) is 2. The summed E-state index contributed by atoms with van der Waals surface area (Å²) in [7, 11) is -2.19. The fourth-order valence-electron chi connectivity index (χ4n) is 2.43. The Kier molecular flexibility index (Phi) is 4.09. The van der Waals surface area contributed by atoms with Crippen LogP contribution in [0, 0.1) is 0 Å². The molecule has 1 amide bonds. The Morgan fingerprint density at radius 3 is 2.35 bits per heavy atom. The fraction of sp³-hybridized carbons (Fsp3) is 0.235. The molecule has 6 heteroatoms. The highest BCUT2D eigenvalue weighted by molar-refractivity contribution is 7.92. The molecular formula is C17H18N2O3S. The molecule has 1 fully saturated rings. The van der Waals surface area contributed by atoms with Gasteiger partial charge in [-0.15, -0.1) is 0 Å². The van der Waals surface area contributed by atoms with E-state index in [1.807, 2.05) is 6.07 Å². The largest absolute Gasteiger partial charge is 0.339 e. The third-order valence-electron chi connectivity index (χ3n) is 4.00. The molecule has 1 heterocycles. The summed E-state index contributed by atoms with van der Waals surface area (Å²) in [5, 5.41) is 0. The monoisotopic (exact) mass is 330 g/mol. The van der Waals surface area contributed by atoms with Crippen LogP contribution in [0.25, 0.3) is 0 Å². The van der Waals surface area contributed by atoms with E-state index in [1.54, 1.807) is 41.3 Å². The number of para-hydroxylation sites is 1. The summed E-state index contributed by atoms with van der Waals surface area (Å²) in [6.45, 7) is 1.47. The van der Waals surface area contributed by atoms with E-state index in [2.05, 4.69) is 0 Å². The van der Waals surface area contributed by atoms with Gasteiger partial charge in [-0.3, -0.25) is 9.10 Å². The number of likely N-dealkylation sites (tertiary alicyclic amines) is 1. The highest BCUT2D eigenvalue weighted by Gasteiger charge is 2.25. The van der Waals surface area contributed by atoms with Crippen molar-refractivity contribution in [2.45, 2.75) is 11.3 Å². The SMILES string of the molecule is CN(c1ccccc1)S(=O)(=O)c1cccc(C(=O)N2CCC2)c1. The van der Waals surface area contributed by atoms with Crippen LogP contribution in [0.4, 0.5) is 5.69 Å². The maximum absolute atomic E-state index is 12.8. The average molecular weight is 330 g/mol. The van der Waals surface area contributed by atoms with Gasteiger partial charge in [0.2, 0.25) is 0 Å². The van der Waals surface area contributed by atoms with Gasteiger partial charge in [-0.2, -0.15) is 0 Å². The first kappa shape index (κ1) is 15.6. The summed E-state index contributed by atoms with van der Waals surface area (Å²) >= 11 is 0. The molecule has 0 unspecified atom stereocenters. The van der Waals surface area contributed by atoms with E-state index in [4.69, 9.17) is 0 Å². The van der Waals surface area contributed by atoms with Gasteiger partial charge in [0.15, 0.2) is 0 Å². The molecule has 0 saturated carbocycles. The molecule has 3 rings (SSSR count). The van der Waals surface area contributed by atoms with Gasteiger partial charge in [0, 0.05) is 25.7 Å². The molecule has 23 heavy (non-hydrogen) atoms. The molecule has 5 nitrogen and oxygen atoms in total. The Bertz CT molecular complexity index is 815. The third kappa shape index (κ3) is 2.94. The summed E-state index contributed by atoms with van der Waals surface area (Å²) in [5.74, 6) is -0.115. The van der Waals surface area contributed by atoms with E-state index >= 15 is 0 Å². The van der Waals surface area contributed by atoms with Crippen molar-refractivity contribution in [3.05, 3.63) is 60.2 Å². The summed E-state index contributed by atoms with van der Waals surface area (Å²) in [5.41, 5.74) is 0.985. The summed E-state index contributed by atoms with van der Waals surface area (Å²) in [6, 6.07) is 15.1. The minimum atomic E-state index is -3.70. The summed E-state index contributed by atoms with van der Waals surface area (Å²) in [4.78, 5) is 14.1. The van der Waals surface area contributed by atoms with Crippen LogP contribution in [0.1, 0.15) is 16.8 Å². The highest BCUT2D eigenvalue weighted by Crippen LogP contribution is 2.23. The highest BCUT2D eigenvalue weighted by atomic mass is 32.2. The zero-order valence-corrected chi connectivity index (χ0v) is 13.7. The number of anilines is 1. The fourth-order valence-corrected chi connectivity index (χ4v) is 3.67. The van der Waals surface area contributed by atoms with Crippen LogP contribution in [0.2, 0.25) is 0 Å². The van der Waals surface area contributed by atoms with Crippen molar-refractivity contribution < 1.29 is 13.2 Å². The molecule has 0 aliphatic carbocycles. The number of sulfonamides is 1. The molecule has 1 aliphatic heterocycles. The number of benzene rings is 2. The molecule has 120 valence electrons. The van der Waals surface area contributed by atoms with Crippen molar-refractivity contribution in [3.63, 3.8) is 0 Å². The molecule has 1 aliphatic rings.